The number of aromatic nitrogens is 1. The van der Waals surface area contributed by atoms with Gasteiger partial charge in [0.1, 0.15) is 0 Å². The molecule has 0 aliphatic heterocycles. The molecule has 1 aromatic heterocycles. The molecule has 1 nitrogen and oxygen atoms in total. The van der Waals surface area contributed by atoms with Gasteiger partial charge in [-0.2, -0.15) is 0 Å². The molecule has 0 saturated carbocycles. The summed E-state index contributed by atoms with van der Waals surface area (Å²) < 4.78 is 1.07. The Hall–Kier alpha value is -0.670. The lowest BCUT2D eigenvalue weighted by Crippen LogP contribution is -2.10. The standard InChI is InChI=1S/C13H13BrNS/c1-13(2,3)12-15-11(8-16-12)9-5-4-6-10(14)7-9/h4-7H,1-3H3. The van der Waals surface area contributed by atoms with Crippen molar-refractivity contribution < 1.29 is 0 Å². The zero-order valence-corrected chi connectivity index (χ0v) is 11.9. The molecule has 3 heteroatoms. The number of hydrogen-bond donors (Lipinski definition) is 0. The first-order valence-corrected chi connectivity index (χ1v) is 6.73. The highest BCUT2D eigenvalue weighted by atomic mass is 79.9. The maximum atomic E-state index is 4.64. The average molecular weight is 295 g/mol. The number of hydrogen-bond acceptors (Lipinski definition) is 2. The number of benzene rings is 1. The minimum Gasteiger partial charge on any atom is -0.240 e. The van der Waals surface area contributed by atoms with Crippen LogP contribution in [0.3, 0.4) is 0 Å². The molecule has 0 aliphatic carbocycles. The molecular formula is C13H13BrNS. The smallest absolute Gasteiger partial charge is 0.0992 e. The Balaban J connectivity index is 2.39. The number of halogens is 1. The molecule has 2 rings (SSSR count). The number of thiazole rings is 1. The predicted octanol–water partition coefficient (Wildman–Crippen LogP) is 4.67. The van der Waals surface area contributed by atoms with Gasteiger partial charge in [0.15, 0.2) is 0 Å². The second-order valence-electron chi connectivity index (χ2n) is 4.73. The van der Waals surface area contributed by atoms with E-state index >= 15 is 0 Å². The highest BCUT2D eigenvalue weighted by Gasteiger charge is 2.18. The molecule has 0 amide bonds. The van der Waals surface area contributed by atoms with E-state index in [2.05, 4.69) is 59.2 Å². The summed E-state index contributed by atoms with van der Waals surface area (Å²) in [5.74, 6) is 0. The highest BCUT2D eigenvalue weighted by Crippen LogP contribution is 2.30. The molecule has 1 heterocycles. The molecular weight excluding hydrogens is 282 g/mol. The van der Waals surface area contributed by atoms with Gasteiger partial charge < -0.3 is 0 Å². The average Bonchev–Trinajstić information content (AvgIpc) is 2.65. The van der Waals surface area contributed by atoms with Crippen molar-refractivity contribution in [3.05, 3.63) is 39.1 Å². The Morgan fingerprint density at radius 1 is 1.31 bits per heavy atom. The van der Waals surface area contributed by atoms with E-state index in [-0.39, 0.29) is 5.41 Å². The molecule has 0 bridgehead atoms. The molecule has 1 aromatic carbocycles. The van der Waals surface area contributed by atoms with E-state index < -0.39 is 0 Å². The van der Waals surface area contributed by atoms with Crippen LogP contribution in [0.25, 0.3) is 11.3 Å². The van der Waals surface area contributed by atoms with Crippen LogP contribution in [0, 0.1) is 5.38 Å². The normalized spacial score (nSPS) is 11.8. The SMILES string of the molecule is CC(C)(C)c1nc(-c2cccc(Br)c2)[c]s1. The maximum absolute atomic E-state index is 4.64. The summed E-state index contributed by atoms with van der Waals surface area (Å²) in [6, 6.07) is 8.16. The van der Waals surface area contributed by atoms with E-state index in [1.165, 1.54) is 0 Å². The molecule has 0 unspecified atom stereocenters. The van der Waals surface area contributed by atoms with E-state index in [0.717, 1.165) is 20.7 Å². The van der Waals surface area contributed by atoms with Crippen molar-refractivity contribution in [2.24, 2.45) is 0 Å². The van der Waals surface area contributed by atoms with Gasteiger partial charge >= 0.3 is 0 Å². The fourth-order valence-corrected chi connectivity index (χ4v) is 2.52. The van der Waals surface area contributed by atoms with Gasteiger partial charge in [0, 0.05) is 15.5 Å². The van der Waals surface area contributed by atoms with Crippen LogP contribution in [0.5, 0.6) is 0 Å². The van der Waals surface area contributed by atoms with Gasteiger partial charge in [0.2, 0.25) is 0 Å². The van der Waals surface area contributed by atoms with Gasteiger partial charge in [-0.25, -0.2) is 4.98 Å². The molecule has 0 saturated heterocycles. The first-order valence-electron chi connectivity index (χ1n) is 5.12. The first-order chi connectivity index (χ1) is 7.47. The van der Waals surface area contributed by atoms with Crippen molar-refractivity contribution in [3.8, 4) is 11.3 Å². The third-order valence-corrected chi connectivity index (χ3v) is 3.88. The number of nitrogens with zero attached hydrogens (tertiary/aromatic N) is 1. The minimum atomic E-state index is 0.103. The van der Waals surface area contributed by atoms with Gasteiger partial charge in [-0.15, -0.1) is 11.3 Å². The van der Waals surface area contributed by atoms with E-state index in [1.54, 1.807) is 11.3 Å². The summed E-state index contributed by atoms with van der Waals surface area (Å²) in [5, 5.41) is 4.39. The van der Waals surface area contributed by atoms with Gasteiger partial charge in [0.25, 0.3) is 0 Å². The zero-order chi connectivity index (χ0) is 11.8. The van der Waals surface area contributed by atoms with Crippen LogP contribution in [0.2, 0.25) is 0 Å². The summed E-state index contributed by atoms with van der Waals surface area (Å²) in [5.41, 5.74) is 2.16. The van der Waals surface area contributed by atoms with Crippen molar-refractivity contribution in [2.75, 3.05) is 0 Å². The molecule has 2 aromatic rings. The minimum absolute atomic E-state index is 0.103. The third-order valence-electron chi connectivity index (χ3n) is 2.20. The Bertz CT molecular complexity index is 497. The molecule has 83 valence electrons. The van der Waals surface area contributed by atoms with Gasteiger partial charge in [0.05, 0.1) is 16.1 Å². The molecule has 0 spiro atoms. The molecule has 1 radical (unpaired) electrons. The summed E-state index contributed by atoms with van der Waals surface area (Å²) in [7, 11) is 0. The third kappa shape index (κ3) is 2.53. The Morgan fingerprint density at radius 3 is 2.62 bits per heavy atom. The van der Waals surface area contributed by atoms with Crippen molar-refractivity contribution >= 4 is 27.3 Å². The van der Waals surface area contributed by atoms with Crippen molar-refractivity contribution in [1.82, 2.24) is 4.98 Å². The summed E-state index contributed by atoms with van der Waals surface area (Å²) in [4.78, 5) is 4.64. The summed E-state index contributed by atoms with van der Waals surface area (Å²) in [6.07, 6.45) is 0. The largest absolute Gasteiger partial charge is 0.240 e. The van der Waals surface area contributed by atoms with Crippen molar-refractivity contribution in [1.29, 1.82) is 0 Å². The fraction of sp³-hybridized carbons (Fsp3) is 0.308. The number of rotatable bonds is 1. The lowest BCUT2D eigenvalue weighted by Gasteiger charge is -2.13. The quantitative estimate of drug-likeness (QED) is 0.745. The molecule has 16 heavy (non-hydrogen) atoms. The van der Waals surface area contributed by atoms with Gasteiger partial charge in [-0.3, -0.25) is 0 Å². The van der Waals surface area contributed by atoms with E-state index in [0.29, 0.717) is 0 Å². The Morgan fingerprint density at radius 2 is 2.06 bits per heavy atom. The highest BCUT2D eigenvalue weighted by molar-refractivity contribution is 9.10. The predicted molar refractivity (Wildman–Crippen MR) is 72.8 cm³/mol. The van der Waals surface area contributed by atoms with Crippen LogP contribution in [-0.4, -0.2) is 4.98 Å². The molecule has 0 atom stereocenters. The lowest BCUT2D eigenvalue weighted by atomic mass is 9.98. The lowest BCUT2D eigenvalue weighted by molar-refractivity contribution is 0.586. The zero-order valence-electron chi connectivity index (χ0n) is 9.54. The molecule has 0 aliphatic rings. The van der Waals surface area contributed by atoms with Crippen LogP contribution in [0.4, 0.5) is 0 Å². The van der Waals surface area contributed by atoms with E-state index in [9.17, 15) is 0 Å². The Kier molecular flexibility index (Phi) is 3.17. The Labute approximate surface area is 109 Å². The summed E-state index contributed by atoms with van der Waals surface area (Å²) >= 11 is 5.07. The van der Waals surface area contributed by atoms with E-state index in [4.69, 9.17) is 0 Å². The monoisotopic (exact) mass is 294 g/mol. The van der Waals surface area contributed by atoms with Crippen LogP contribution in [0.15, 0.2) is 28.7 Å². The second-order valence-corrected chi connectivity index (χ2v) is 6.44. The van der Waals surface area contributed by atoms with Crippen LogP contribution in [0.1, 0.15) is 25.8 Å². The van der Waals surface area contributed by atoms with Gasteiger partial charge in [-0.05, 0) is 12.1 Å². The molecule has 0 N–H and O–H groups in total. The van der Waals surface area contributed by atoms with E-state index in [1.807, 2.05) is 12.1 Å². The van der Waals surface area contributed by atoms with Crippen LogP contribution >= 0.6 is 27.3 Å². The molecule has 0 fully saturated rings. The van der Waals surface area contributed by atoms with Crippen molar-refractivity contribution in [2.45, 2.75) is 26.2 Å². The van der Waals surface area contributed by atoms with Crippen molar-refractivity contribution in [3.63, 3.8) is 0 Å². The van der Waals surface area contributed by atoms with Crippen LogP contribution in [-0.2, 0) is 5.41 Å². The van der Waals surface area contributed by atoms with Gasteiger partial charge in [-0.1, -0.05) is 48.8 Å². The first kappa shape index (κ1) is 11.8. The maximum Gasteiger partial charge on any atom is 0.0992 e. The topological polar surface area (TPSA) is 12.9 Å². The second kappa shape index (κ2) is 4.30. The van der Waals surface area contributed by atoms with Crippen LogP contribution < -0.4 is 0 Å². The summed E-state index contributed by atoms with van der Waals surface area (Å²) in [6.45, 7) is 6.51. The fourth-order valence-electron chi connectivity index (χ4n) is 1.32.